The second-order valence-corrected chi connectivity index (χ2v) is 3.19. The monoisotopic (exact) mass is 215 g/mol. The zero-order valence-electron chi connectivity index (χ0n) is 8.61. The molecule has 0 aliphatic rings. The van der Waals surface area contributed by atoms with Crippen LogP contribution in [0.5, 0.6) is 0 Å². The van der Waals surface area contributed by atoms with E-state index in [0.29, 0.717) is 5.82 Å². The number of rotatable bonds is 3. The number of aliphatic imine (C=N–C) groups is 1. The number of hydrogen-bond acceptors (Lipinski definition) is 5. The van der Waals surface area contributed by atoms with Gasteiger partial charge in [-0.25, -0.2) is 19.4 Å². The minimum Gasteiger partial charge on any atom is -0.237 e. The van der Waals surface area contributed by atoms with E-state index in [0.717, 1.165) is 5.56 Å². The Labute approximate surface area is 91.7 Å². The number of isocyanates is 1. The Morgan fingerprint density at radius 1 is 1.50 bits per heavy atom. The third-order valence-corrected chi connectivity index (χ3v) is 2.15. The molecule has 1 unspecified atom stereocenters. The van der Waals surface area contributed by atoms with E-state index >= 15 is 0 Å². The van der Waals surface area contributed by atoms with Crippen molar-refractivity contribution in [3.8, 4) is 5.82 Å². The van der Waals surface area contributed by atoms with E-state index in [1.807, 2.05) is 6.07 Å². The van der Waals surface area contributed by atoms with Crippen molar-refractivity contribution in [3.63, 3.8) is 0 Å². The van der Waals surface area contributed by atoms with Crippen molar-refractivity contribution in [2.75, 3.05) is 0 Å². The third-order valence-electron chi connectivity index (χ3n) is 2.15. The second-order valence-electron chi connectivity index (χ2n) is 3.19. The van der Waals surface area contributed by atoms with Crippen LogP contribution in [0.4, 0.5) is 0 Å². The number of aromatic nitrogens is 4. The van der Waals surface area contributed by atoms with Crippen LogP contribution in [0.2, 0.25) is 0 Å². The molecule has 6 heteroatoms. The molecule has 0 N–H and O–H groups in total. The normalized spacial score (nSPS) is 11.8. The molecule has 0 fully saturated rings. The van der Waals surface area contributed by atoms with Crippen molar-refractivity contribution in [2.45, 2.75) is 13.0 Å². The van der Waals surface area contributed by atoms with Crippen molar-refractivity contribution in [1.29, 1.82) is 0 Å². The zero-order valence-corrected chi connectivity index (χ0v) is 8.61. The number of pyridine rings is 1. The first-order valence-electron chi connectivity index (χ1n) is 4.69. The second kappa shape index (κ2) is 4.46. The number of hydrogen-bond donors (Lipinski definition) is 0. The van der Waals surface area contributed by atoms with Crippen molar-refractivity contribution < 1.29 is 4.79 Å². The quantitative estimate of drug-likeness (QED) is 0.566. The molecule has 0 aliphatic carbocycles. The molecule has 0 radical (unpaired) electrons. The first kappa shape index (κ1) is 10.2. The van der Waals surface area contributed by atoms with Gasteiger partial charge in [0.05, 0.1) is 6.04 Å². The summed E-state index contributed by atoms with van der Waals surface area (Å²) in [6.07, 6.45) is 6.19. The Kier molecular flexibility index (Phi) is 2.84. The van der Waals surface area contributed by atoms with Gasteiger partial charge in [-0.05, 0) is 18.6 Å². The van der Waals surface area contributed by atoms with Gasteiger partial charge in [-0.15, -0.1) is 0 Å². The molecule has 2 aromatic heterocycles. The summed E-state index contributed by atoms with van der Waals surface area (Å²) >= 11 is 0. The van der Waals surface area contributed by atoms with Crippen LogP contribution in [-0.2, 0) is 4.79 Å². The van der Waals surface area contributed by atoms with Gasteiger partial charge in [0.1, 0.15) is 12.7 Å². The minimum atomic E-state index is -0.227. The molecule has 0 saturated heterocycles. The lowest BCUT2D eigenvalue weighted by Crippen LogP contribution is -1.99. The molecule has 2 aromatic rings. The minimum absolute atomic E-state index is 0.227. The molecule has 1 atom stereocenters. The van der Waals surface area contributed by atoms with Crippen LogP contribution in [0, 0.1) is 0 Å². The van der Waals surface area contributed by atoms with Gasteiger partial charge in [-0.3, -0.25) is 0 Å². The maximum Gasteiger partial charge on any atom is 0.235 e. The molecule has 2 heterocycles. The first-order valence-corrected chi connectivity index (χ1v) is 4.69. The van der Waals surface area contributed by atoms with Gasteiger partial charge in [-0.1, -0.05) is 6.07 Å². The summed E-state index contributed by atoms with van der Waals surface area (Å²) in [5, 5.41) is 3.95. The topological polar surface area (TPSA) is 73.0 Å². The fourth-order valence-corrected chi connectivity index (χ4v) is 1.26. The summed E-state index contributed by atoms with van der Waals surface area (Å²) in [7, 11) is 0. The molecule has 80 valence electrons. The third kappa shape index (κ3) is 2.02. The maximum atomic E-state index is 10.1. The van der Waals surface area contributed by atoms with Gasteiger partial charge in [0.2, 0.25) is 6.08 Å². The summed E-state index contributed by atoms with van der Waals surface area (Å²) in [5.74, 6) is 0.670. The van der Waals surface area contributed by atoms with Crippen LogP contribution >= 0.6 is 0 Å². The lowest BCUT2D eigenvalue weighted by Gasteiger charge is -2.04. The van der Waals surface area contributed by atoms with Crippen LogP contribution in [0.25, 0.3) is 5.82 Å². The summed E-state index contributed by atoms with van der Waals surface area (Å²) in [5.41, 5.74) is 0.854. The first-order chi connectivity index (χ1) is 7.81. The van der Waals surface area contributed by atoms with Gasteiger partial charge in [-0.2, -0.15) is 10.1 Å². The average Bonchev–Trinajstić information content (AvgIpc) is 2.83. The molecule has 6 nitrogen and oxygen atoms in total. The van der Waals surface area contributed by atoms with E-state index in [1.54, 1.807) is 30.2 Å². The summed E-state index contributed by atoms with van der Waals surface area (Å²) in [6.45, 7) is 1.80. The fraction of sp³-hybridized carbons (Fsp3) is 0.200. The molecule has 0 amide bonds. The predicted molar refractivity (Wildman–Crippen MR) is 55.7 cm³/mol. The van der Waals surface area contributed by atoms with E-state index in [1.165, 1.54) is 12.4 Å². The van der Waals surface area contributed by atoms with Crippen LogP contribution in [0.15, 0.2) is 36.0 Å². The Balaban J connectivity index is 2.26. The highest BCUT2D eigenvalue weighted by atomic mass is 16.1. The van der Waals surface area contributed by atoms with Gasteiger partial charge in [0, 0.05) is 6.20 Å². The summed E-state index contributed by atoms with van der Waals surface area (Å²) in [6, 6.07) is 3.41. The van der Waals surface area contributed by atoms with Crippen LogP contribution < -0.4 is 0 Å². The highest BCUT2D eigenvalue weighted by Crippen LogP contribution is 2.15. The Bertz CT molecular complexity index is 499. The van der Waals surface area contributed by atoms with Gasteiger partial charge < -0.3 is 0 Å². The highest BCUT2D eigenvalue weighted by molar-refractivity contribution is 5.35. The Hall–Kier alpha value is -2.33. The highest BCUT2D eigenvalue weighted by Gasteiger charge is 2.04. The maximum absolute atomic E-state index is 10.1. The standard InChI is InChI=1S/C10H9N5O/c1-8(13-7-16)9-2-3-10(12-4-9)15-6-11-5-14-15/h2-6,8H,1H3. The summed E-state index contributed by atoms with van der Waals surface area (Å²) < 4.78 is 1.55. The zero-order chi connectivity index (χ0) is 11.4. The number of carbonyl (C=O) groups excluding carboxylic acids is 1. The van der Waals surface area contributed by atoms with Crippen molar-refractivity contribution in [3.05, 3.63) is 36.5 Å². The molecule has 0 aliphatic heterocycles. The van der Waals surface area contributed by atoms with Crippen molar-refractivity contribution in [1.82, 2.24) is 19.7 Å². The largest absolute Gasteiger partial charge is 0.237 e. The average molecular weight is 215 g/mol. The van der Waals surface area contributed by atoms with Gasteiger partial charge >= 0.3 is 0 Å². The van der Waals surface area contributed by atoms with Crippen LogP contribution in [-0.4, -0.2) is 25.8 Å². The van der Waals surface area contributed by atoms with Crippen molar-refractivity contribution in [2.24, 2.45) is 4.99 Å². The van der Waals surface area contributed by atoms with Gasteiger partial charge in [0.15, 0.2) is 5.82 Å². The SMILES string of the molecule is CC(N=C=O)c1ccc(-n2cncn2)nc1. The molecule has 0 spiro atoms. The lowest BCUT2D eigenvalue weighted by atomic mass is 10.1. The van der Waals surface area contributed by atoms with Crippen LogP contribution in [0.3, 0.4) is 0 Å². The molecule has 2 rings (SSSR count). The van der Waals surface area contributed by atoms with E-state index in [4.69, 9.17) is 0 Å². The van der Waals surface area contributed by atoms with Crippen molar-refractivity contribution >= 4 is 6.08 Å². The predicted octanol–water partition coefficient (Wildman–Crippen LogP) is 1.06. The molecular weight excluding hydrogens is 206 g/mol. The lowest BCUT2D eigenvalue weighted by molar-refractivity contribution is 0.559. The molecule has 0 bridgehead atoms. The summed E-state index contributed by atoms with van der Waals surface area (Å²) in [4.78, 5) is 21.7. The Morgan fingerprint density at radius 3 is 2.94 bits per heavy atom. The fourth-order valence-electron chi connectivity index (χ4n) is 1.26. The van der Waals surface area contributed by atoms with E-state index in [9.17, 15) is 4.79 Å². The number of nitrogens with zero attached hydrogens (tertiary/aromatic N) is 5. The smallest absolute Gasteiger partial charge is 0.235 e. The molecule has 0 aromatic carbocycles. The van der Waals surface area contributed by atoms with E-state index in [-0.39, 0.29) is 6.04 Å². The Morgan fingerprint density at radius 2 is 2.38 bits per heavy atom. The molecule has 16 heavy (non-hydrogen) atoms. The molecule has 0 saturated carbocycles. The van der Waals surface area contributed by atoms with E-state index in [2.05, 4.69) is 20.1 Å². The van der Waals surface area contributed by atoms with E-state index < -0.39 is 0 Å². The molecular formula is C10H9N5O. The van der Waals surface area contributed by atoms with Gasteiger partial charge in [0.25, 0.3) is 0 Å². The van der Waals surface area contributed by atoms with Crippen LogP contribution in [0.1, 0.15) is 18.5 Å².